The summed E-state index contributed by atoms with van der Waals surface area (Å²) >= 11 is 0. The molecule has 1 fully saturated rings. The minimum absolute atomic E-state index is 0.0435. The summed E-state index contributed by atoms with van der Waals surface area (Å²) in [5, 5.41) is 6.56. The van der Waals surface area contributed by atoms with E-state index < -0.39 is 17.6 Å². The van der Waals surface area contributed by atoms with Gasteiger partial charge in [-0.2, -0.15) is 13.2 Å². The van der Waals surface area contributed by atoms with Crippen molar-refractivity contribution in [1.29, 1.82) is 0 Å². The Morgan fingerprint density at radius 1 is 0.891 bits per heavy atom. The average molecular weight is 622 g/mol. The first kappa shape index (κ1) is 29.0. The van der Waals surface area contributed by atoms with Gasteiger partial charge in [0.25, 0.3) is 5.91 Å². The number of benzene rings is 3. The van der Waals surface area contributed by atoms with Crippen LogP contribution in [0.5, 0.6) is 0 Å². The number of hydrogen-bond acceptors (Lipinski definition) is 5. The Morgan fingerprint density at radius 3 is 2.48 bits per heavy atom. The molecule has 0 saturated heterocycles. The van der Waals surface area contributed by atoms with Crippen LogP contribution in [0.25, 0.3) is 33.5 Å². The third kappa shape index (κ3) is 5.96. The van der Waals surface area contributed by atoms with Crippen LogP contribution in [0.2, 0.25) is 0 Å². The molecule has 0 aliphatic heterocycles. The zero-order valence-corrected chi connectivity index (χ0v) is 24.4. The molecule has 3 aromatic heterocycles. The molecular formula is C34H26F3N7O2. The molecule has 9 nitrogen and oxygen atoms in total. The molecule has 230 valence electrons. The van der Waals surface area contributed by atoms with Crippen LogP contribution in [-0.2, 0) is 11.0 Å². The minimum atomic E-state index is -4.64. The minimum Gasteiger partial charge on any atom is -0.322 e. The molecule has 0 spiro atoms. The lowest BCUT2D eigenvalue weighted by molar-refractivity contribution is -0.137. The van der Waals surface area contributed by atoms with E-state index in [0.29, 0.717) is 23.0 Å². The number of carbonyl (C=O) groups excluding carboxylic acids is 2. The number of amides is 2. The molecule has 3 heterocycles. The lowest BCUT2D eigenvalue weighted by Crippen LogP contribution is -2.15. The maximum absolute atomic E-state index is 13.7. The molecule has 1 aliphatic rings. The molecule has 1 aliphatic carbocycles. The number of imidazole rings is 1. The highest BCUT2D eigenvalue weighted by molar-refractivity contribution is 6.05. The fourth-order valence-electron chi connectivity index (χ4n) is 5.23. The van der Waals surface area contributed by atoms with Gasteiger partial charge in [0, 0.05) is 46.7 Å². The van der Waals surface area contributed by atoms with Gasteiger partial charge in [-0.25, -0.2) is 15.0 Å². The highest BCUT2D eigenvalue weighted by Crippen LogP contribution is 2.33. The van der Waals surface area contributed by atoms with Crippen molar-refractivity contribution in [2.75, 3.05) is 10.6 Å². The molecule has 0 unspecified atom stereocenters. The Bertz CT molecular complexity index is 2130. The van der Waals surface area contributed by atoms with Crippen molar-refractivity contribution in [2.45, 2.75) is 25.9 Å². The molecule has 0 atom stereocenters. The maximum atomic E-state index is 13.7. The topological polar surface area (TPSA) is 107 Å². The van der Waals surface area contributed by atoms with E-state index in [4.69, 9.17) is 0 Å². The van der Waals surface area contributed by atoms with Crippen molar-refractivity contribution in [2.24, 2.45) is 5.92 Å². The summed E-state index contributed by atoms with van der Waals surface area (Å²) in [4.78, 5) is 38.2. The number of carbonyl (C=O) groups is 2. The number of hydrogen-bond donors (Lipinski definition) is 2. The van der Waals surface area contributed by atoms with E-state index in [1.807, 2.05) is 41.1 Å². The van der Waals surface area contributed by atoms with Crippen LogP contribution in [0.15, 0.2) is 97.8 Å². The van der Waals surface area contributed by atoms with Gasteiger partial charge < -0.3 is 19.8 Å². The first-order valence-corrected chi connectivity index (χ1v) is 14.5. The predicted octanol–water partition coefficient (Wildman–Crippen LogP) is 7.20. The van der Waals surface area contributed by atoms with Crippen LogP contribution in [0.1, 0.15) is 34.5 Å². The Hall–Kier alpha value is -5.78. The molecule has 2 N–H and O–H groups in total. The maximum Gasteiger partial charge on any atom is 0.416 e. The molecule has 12 heteroatoms. The van der Waals surface area contributed by atoms with Gasteiger partial charge in [-0.05, 0) is 73.4 Å². The number of aromatic nitrogens is 5. The van der Waals surface area contributed by atoms with Gasteiger partial charge in [-0.3, -0.25) is 9.59 Å². The normalized spacial score (nSPS) is 13.1. The van der Waals surface area contributed by atoms with Gasteiger partial charge in [0.1, 0.15) is 18.0 Å². The van der Waals surface area contributed by atoms with Crippen LogP contribution in [0.4, 0.5) is 24.7 Å². The standard InChI is InChI=1S/C34H26F3N7O2/c1-20-17-43(19-40-20)28-13-25(11-26(15-28)34(35,36)37)33(46)41-27-4-2-3-23(12-27)24-8-5-21-9-10-44(29(21)14-24)31-16-30(38-18-39-31)42-32(45)22-6-7-22/h2-5,8-19,22H,6-7H2,1H3,(H,41,46)(H,38,39,42,45). The average Bonchev–Trinajstić information content (AvgIpc) is 3.67. The first-order chi connectivity index (χ1) is 22.1. The number of nitrogens with zero attached hydrogens (tertiary/aromatic N) is 5. The summed E-state index contributed by atoms with van der Waals surface area (Å²) in [6.45, 7) is 1.73. The Kier molecular flexibility index (Phi) is 7.11. The van der Waals surface area contributed by atoms with Crippen LogP contribution < -0.4 is 10.6 Å². The zero-order valence-electron chi connectivity index (χ0n) is 24.4. The Morgan fingerprint density at radius 2 is 1.72 bits per heavy atom. The molecule has 0 bridgehead atoms. The van der Waals surface area contributed by atoms with Gasteiger partial charge in [0.15, 0.2) is 0 Å². The van der Waals surface area contributed by atoms with Crippen LogP contribution in [0, 0.1) is 12.8 Å². The third-order valence-corrected chi connectivity index (χ3v) is 7.76. The predicted molar refractivity (Wildman–Crippen MR) is 167 cm³/mol. The van der Waals surface area contributed by atoms with E-state index in [2.05, 4.69) is 25.6 Å². The third-order valence-electron chi connectivity index (χ3n) is 7.76. The van der Waals surface area contributed by atoms with E-state index >= 15 is 0 Å². The van der Waals surface area contributed by atoms with Crippen molar-refractivity contribution in [3.05, 3.63) is 115 Å². The number of anilines is 2. The summed E-state index contributed by atoms with van der Waals surface area (Å²) < 4.78 is 44.6. The second-order valence-corrected chi connectivity index (χ2v) is 11.2. The quantitative estimate of drug-likeness (QED) is 0.196. The molecule has 2 amide bonds. The highest BCUT2D eigenvalue weighted by Gasteiger charge is 2.32. The van der Waals surface area contributed by atoms with Crippen molar-refractivity contribution < 1.29 is 22.8 Å². The highest BCUT2D eigenvalue weighted by atomic mass is 19.4. The summed E-state index contributed by atoms with van der Waals surface area (Å²) in [5.74, 6) is 0.331. The number of fused-ring (bicyclic) bond motifs is 1. The smallest absolute Gasteiger partial charge is 0.322 e. The van der Waals surface area contributed by atoms with Crippen LogP contribution in [0.3, 0.4) is 0 Å². The number of nitrogens with one attached hydrogen (secondary N) is 2. The lowest BCUT2D eigenvalue weighted by atomic mass is 10.0. The fourth-order valence-corrected chi connectivity index (χ4v) is 5.23. The Labute approximate surface area is 260 Å². The van der Waals surface area contributed by atoms with E-state index in [-0.39, 0.29) is 23.1 Å². The number of rotatable bonds is 7. The van der Waals surface area contributed by atoms with Crippen molar-refractivity contribution >= 4 is 34.2 Å². The van der Waals surface area contributed by atoms with Gasteiger partial charge in [0.05, 0.1) is 23.1 Å². The first-order valence-electron chi connectivity index (χ1n) is 14.5. The Balaban J connectivity index is 1.16. The SMILES string of the molecule is Cc1cn(-c2cc(C(=O)Nc3cccc(-c4ccc5ccn(-c6cc(NC(=O)C7CC7)ncn6)c5c4)c3)cc(C(F)(F)F)c2)cn1. The molecule has 0 radical (unpaired) electrons. The van der Waals surface area contributed by atoms with E-state index in [1.54, 1.807) is 37.4 Å². The lowest BCUT2D eigenvalue weighted by Gasteiger charge is -2.13. The van der Waals surface area contributed by atoms with Crippen molar-refractivity contribution in [1.82, 2.24) is 24.1 Å². The van der Waals surface area contributed by atoms with Gasteiger partial charge in [0.2, 0.25) is 5.91 Å². The summed E-state index contributed by atoms with van der Waals surface area (Å²) in [6, 6.07) is 19.9. The van der Waals surface area contributed by atoms with Gasteiger partial charge in [-0.15, -0.1) is 0 Å². The molecule has 7 rings (SSSR count). The second-order valence-electron chi connectivity index (χ2n) is 11.2. The van der Waals surface area contributed by atoms with Crippen molar-refractivity contribution in [3.63, 3.8) is 0 Å². The van der Waals surface area contributed by atoms with Crippen LogP contribution >= 0.6 is 0 Å². The van der Waals surface area contributed by atoms with Gasteiger partial charge in [-0.1, -0.05) is 24.3 Å². The second kappa shape index (κ2) is 11.3. The monoisotopic (exact) mass is 621 g/mol. The van der Waals surface area contributed by atoms with Crippen molar-refractivity contribution in [3.8, 4) is 22.6 Å². The summed E-state index contributed by atoms with van der Waals surface area (Å²) in [6.07, 6.45) is 3.41. The molecule has 1 saturated carbocycles. The van der Waals surface area contributed by atoms with E-state index in [0.717, 1.165) is 47.0 Å². The number of halogens is 3. The van der Waals surface area contributed by atoms with Gasteiger partial charge >= 0.3 is 6.18 Å². The van der Waals surface area contributed by atoms with E-state index in [9.17, 15) is 22.8 Å². The zero-order chi connectivity index (χ0) is 32.0. The molecular weight excluding hydrogens is 595 g/mol. The largest absolute Gasteiger partial charge is 0.416 e. The molecule has 6 aromatic rings. The number of alkyl halides is 3. The fraction of sp³-hybridized carbons (Fsp3) is 0.147. The molecule has 46 heavy (non-hydrogen) atoms. The van der Waals surface area contributed by atoms with Crippen LogP contribution in [-0.4, -0.2) is 35.9 Å². The number of aryl methyl sites for hydroxylation is 1. The summed E-state index contributed by atoms with van der Waals surface area (Å²) in [7, 11) is 0. The van der Waals surface area contributed by atoms with E-state index in [1.165, 1.54) is 23.3 Å². The molecule has 3 aromatic carbocycles. The summed E-state index contributed by atoms with van der Waals surface area (Å²) in [5.41, 5.74) is 2.63.